The maximum atomic E-state index is 5.67. The van der Waals surface area contributed by atoms with Crippen molar-refractivity contribution in [3.05, 3.63) is 60.2 Å². The molecule has 0 aliphatic rings. The van der Waals surface area contributed by atoms with Gasteiger partial charge in [0, 0.05) is 18.3 Å². The first-order valence-electron chi connectivity index (χ1n) is 6.78. The van der Waals surface area contributed by atoms with E-state index in [1.807, 2.05) is 48.1 Å². The molecule has 3 N–H and O–H groups in total. The molecule has 21 heavy (non-hydrogen) atoms. The van der Waals surface area contributed by atoms with Crippen LogP contribution in [-0.2, 0) is 6.54 Å². The summed E-state index contributed by atoms with van der Waals surface area (Å²) >= 11 is 0. The van der Waals surface area contributed by atoms with E-state index >= 15 is 0 Å². The second-order valence-electron chi connectivity index (χ2n) is 4.62. The number of hydrogen-bond donors (Lipinski definition) is 2. The lowest BCUT2D eigenvalue weighted by Gasteiger charge is -2.10. The van der Waals surface area contributed by atoms with Gasteiger partial charge in [-0.05, 0) is 19.1 Å². The van der Waals surface area contributed by atoms with E-state index in [0.29, 0.717) is 0 Å². The van der Waals surface area contributed by atoms with E-state index in [0.717, 1.165) is 23.5 Å². The van der Waals surface area contributed by atoms with Crippen molar-refractivity contribution in [3.8, 4) is 5.69 Å². The summed E-state index contributed by atoms with van der Waals surface area (Å²) in [6.07, 6.45) is 5.45. The van der Waals surface area contributed by atoms with E-state index in [4.69, 9.17) is 5.84 Å². The van der Waals surface area contributed by atoms with Crippen LogP contribution in [0.2, 0.25) is 0 Å². The summed E-state index contributed by atoms with van der Waals surface area (Å²) in [7, 11) is 0. The van der Waals surface area contributed by atoms with E-state index in [9.17, 15) is 0 Å². The highest BCUT2D eigenvalue weighted by atomic mass is 15.5. The van der Waals surface area contributed by atoms with E-state index in [1.54, 1.807) is 17.2 Å². The fourth-order valence-electron chi connectivity index (χ4n) is 2.15. The number of aryl methyl sites for hydroxylation is 1. The standard InChI is InChI=1S/C14H17N7/c1-2-20-10-11(8-16-20)14(18-15)13-9-17-21(19-13)12-6-4-3-5-7-12/h3-10,14,18H,2,15H2,1H3. The third-order valence-corrected chi connectivity index (χ3v) is 3.27. The van der Waals surface area contributed by atoms with Crippen LogP contribution in [0, 0.1) is 0 Å². The minimum absolute atomic E-state index is 0.234. The summed E-state index contributed by atoms with van der Waals surface area (Å²) in [4.78, 5) is 1.59. The van der Waals surface area contributed by atoms with Crippen LogP contribution in [0.1, 0.15) is 24.2 Å². The van der Waals surface area contributed by atoms with Crippen LogP contribution in [0.3, 0.4) is 0 Å². The highest BCUT2D eigenvalue weighted by Crippen LogP contribution is 2.19. The van der Waals surface area contributed by atoms with Gasteiger partial charge in [0.1, 0.15) is 5.69 Å². The molecular weight excluding hydrogens is 266 g/mol. The zero-order valence-corrected chi connectivity index (χ0v) is 11.7. The zero-order chi connectivity index (χ0) is 14.7. The van der Waals surface area contributed by atoms with Crippen molar-refractivity contribution in [1.29, 1.82) is 0 Å². The summed E-state index contributed by atoms with van der Waals surface area (Å²) in [5, 5.41) is 13.0. The molecule has 3 aromatic rings. The summed E-state index contributed by atoms with van der Waals surface area (Å²) in [5.74, 6) is 5.67. The smallest absolute Gasteiger partial charge is 0.106 e. The molecule has 0 radical (unpaired) electrons. The Labute approximate surface area is 122 Å². The van der Waals surface area contributed by atoms with E-state index < -0.39 is 0 Å². The minimum Gasteiger partial charge on any atom is -0.273 e. The average Bonchev–Trinajstić information content (AvgIpc) is 3.19. The number of nitrogens with zero attached hydrogens (tertiary/aromatic N) is 5. The van der Waals surface area contributed by atoms with Gasteiger partial charge in [0.2, 0.25) is 0 Å². The molecule has 0 aliphatic heterocycles. The van der Waals surface area contributed by atoms with Gasteiger partial charge >= 0.3 is 0 Å². The number of aromatic nitrogens is 5. The molecule has 1 unspecified atom stereocenters. The van der Waals surface area contributed by atoms with Crippen LogP contribution in [0.5, 0.6) is 0 Å². The third kappa shape index (κ3) is 2.69. The number of hydrogen-bond acceptors (Lipinski definition) is 5. The lowest BCUT2D eigenvalue weighted by atomic mass is 10.1. The molecule has 3 rings (SSSR count). The Balaban J connectivity index is 1.90. The largest absolute Gasteiger partial charge is 0.273 e. The van der Waals surface area contributed by atoms with E-state index in [2.05, 4.69) is 20.7 Å². The minimum atomic E-state index is -0.234. The Morgan fingerprint density at radius 3 is 2.67 bits per heavy atom. The Morgan fingerprint density at radius 1 is 1.19 bits per heavy atom. The molecule has 0 bridgehead atoms. The quantitative estimate of drug-likeness (QED) is 0.539. The van der Waals surface area contributed by atoms with Crippen molar-refractivity contribution in [2.75, 3.05) is 0 Å². The van der Waals surface area contributed by atoms with Gasteiger partial charge < -0.3 is 0 Å². The Morgan fingerprint density at radius 2 is 2.00 bits per heavy atom. The summed E-state index contributed by atoms with van der Waals surface area (Å²) in [6.45, 7) is 2.85. The highest BCUT2D eigenvalue weighted by Gasteiger charge is 2.18. The Bertz CT molecular complexity index is 701. The van der Waals surface area contributed by atoms with Crippen LogP contribution in [0.15, 0.2) is 48.9 Å². The number of nitrogens with one attached hydrogen (secondary N) is 1. The number of benzene rings is 1. The van der Waals surface area contributed by atoms with Crippen molar-refractivity contribution in [2.24, 2.45) is 5.84 Å². The van der Waals surface area contributed by atoms with Crippen molar-refractivity contribution < 1.29 is 0 Å². The van der Waals surface area contributed by atoms with E-state index in [-0.39, 0.29) is 6.04 Å². The maximum absolute atomic E-state index is 5.67. The van der Waals surface area contributed by atoms with Crippen LogP contribution < -0.4 is 11.3 Å². The van der Waals surface area contributed by atoms with Gasteiger partial charge in [0.05, 0.1) is 24.1 Å². The first-order valence-corrected chi connectivity index (χ1v) is 6.78. The molecule has 0 saturated carbocycles. The predicted molar refractivity (Wildman–Crippen MR) is 78.4 cm³/mol. The number of nitrogens with two attached hydrogens (primary N) is 1. The second kappa shape index (κ2) is 5.86. The predicted octanol–water partition coefficient (Wildman–Crippen LogP) is 1.04. The molecule has 0 fully saturated rings. The summed E-state index contributed by atoms with van der Waals surface area (Å²) in [6, 6.07) is 9.51. The summed E-state index contributed by atoms with van der Waals surface area (Å²) < 4.78 is 1.85. The molecule has 2 aromatic heterocycles. The zero-order valence-electron chi connectivity index (χ0n) is 11.7. The molecule has 0 saturated heterocycles. The van der Waals surface area contributed by atoms with Gasteiger partial charge in [-0.25, -0.2) is 5.43 Å². The SMILES string of the molecule is CCn1cc(C(NN)c2cnn(-c3ccccc3)n2)cn1. The van der Waals surface area contributed by atoms with Crippen LogP contribution >= 0.6 is 0 Å². The number of para-hydroxylation sites is 1. The molecule has 1 atom stereocenters. The van der Waals surface area contributed by atoms with Gasteiger partial charge in [0.15, 0.2) is 0 Å². The molecule has 2 heterocycles. The molecule has 7 nitrogen and oxygen atoms in total. The van der Waals surface area contributed by atoms with Crippen LogP contribution in [0.25, 0.3) is 5.69 Å². The molecule has 0 amide bonds. The fraction of sp³-hybridized carbons (Fsp3) is 0.214. The first-order chi connectivity index (χ1) is 10.3. The van der Waals surface area contributed by atoms with Gasteiger partial charge in [-0.3, -0.25) is 10.5 Å². The molecular formula is C14H17N7. The topological polar surface area (TPSA) is 86.6 Å². The molecule has 1 aromatic carbocycles. The normalized spacial score (nSPS) is 12.5. The Hall–Kier alpha value is -2.51. The monoisotopic (exact) mass is 283 g/mol. The number of hydrazine groups is 1. The lowest BCUT2D eigenvalue weighted by Crippen LogP contribution is -2.29. The van der Waals surface area contributed by atoms with Gasteiger partial charge in [-0.2, -0.15) is 20.1 Å². The Kier molecular flexibility index (Phi) is 3.76. The molecule has 0 spiro atoms. The summed E-state index contributed by atoms with van der Waals surface area (Å²) in [5.41, 5.74) is 5.38. The van der Waals surface area contributed by atoms with Crippen LogP contribution in [0.4, 0.5) is 0 Å². The van der Waals surface area contributed by atoms with Gasteiger partial charge in [-0.15, -0.1) is 0 Å². The van der Waals surface area contributed by atoms with Crippen molar-refractivity contribution in [2.45, 2.75) is 19.5 Å². The highest BCUT2D eigenvalue weighted by molar-refractivity contribution is 5.29. The molecule has 108 valence electrons. The fourth-order valence-corrected chi connectivity index (χ4v) is 2.15. The average molecular weight is 283 g/mol. The van der Waals surface area contributed by atoms with Crippen molar-refractivity contribution >= 4 is 0 Å². The molecule has 7 heteroatoms. The van der Waals surface area contributed by atoms with Crippen LogP contribution in [-0.4, -0.2) is 24.8 Å². The van der Waals surface area contributed by atoms with Gasteiger partial charge in [0.25, 0.3) is 0 Å². The van der Waals surface area contributed by atoms with Crippen molar-refractivity contribution in [3.63, 3.8) is 0 Å². The first kappa shape index (κ1) is 13.5. The number of rotatable bonds is 5. The lowest BCUT2D eigenvalue weighted by molar-refractivity contribution is 0.606. The van der Waals surface area contributed by atoms with E-state index in [1.165, 1.54) is 0 Å². The van der Waals surface area contributed by atoms with Crippen molar-refractivity contribution in [1.82, 2.24) is 30.2 Å². The van der Waals surface area contributed by atoms with Gasteiger partial charge in [-0.1, -0.05) is 18.2 Å². The maximum Gasteiger partial charge on any atom is 0.106 e. The second-order valence-corrected chi connectivity index (χ2v) is 4.62. The third-order valence-electron chi connectivity index (χ3n) is 3.27. The molecule has 0 aliphatic carbocycles.